The first kappa shape index (κ1) is 22.4. The molecule has 0 fully saturated rings. The van der Waals surface area contributed by atoms with Crippen LogP contribution in [0.4, 0.5) is 0 Å². The molecule has 30 heavy (non-hydrogen) atoms. The van der Waals surface area contributed by atoms with Crippen molar-refractivity contribution in [3.8, 4) is 0 Å². The Morgan fingerprint density at radius 2 is 1.97 bits per heavy atom. The van der Waals surface area contributed by atoms with Gasteiger partial charge in [-0.1, -0.05) is 28.9 Å². The molecule has 3 rings (SSSR count). The first-order chi connectivity index (χ1) is 14.4. The maximum atomic E-state index is 12.1. The predicted molar refractivity (Wildman–Crippen MR) is 113 cm³/mol. The van der Waals surface area contributed by atoms with Crippen molar-refractivity contribution in [1.29, 1.82) is 0 Å². The van der Waals surface area contributed by atoms with Gasteiger partial charge in [0.05, 0.1) is 10.8 Å². The second-order valence-electron chi connectivity index (χ2n) is 6.44. The highest BCUT2D eigenvalue weighted by molar-refractivity contribution is 6.32. The van der Waals surface area contributed by atoms with Crippen LogP contribution in [0.2, 0.25) is 0 Å². The number of ether oxygens (including phenoxy) is 1. The zero-order chi connectivity index (χ0) is 21.5. The van der Waals surface area contributed by atoms with Gasteiger partial charge in [0.1, 0.15) is 5.76 Å². The lowest BCUT2D eigenvalue weighted by molar-refractivity contribution is -0.124. The quantitative estimate of drug-likeness (QED) is 0.444. The number of nitrogens with zero attached hydrogens (tertiary/aromatic N) is 2. The molecule has 0 spiro atoms. The van der Waals surface area contributed by atoms with Crippen molar-refractivity contribution in [3.05, 3.63) is 52.9 Å². The molecule has 2 aliphatic rings. The molecular weight excluding hydrogens is 455 g/mol. The Morgan fingerprint density at radius 1 is 1.17 bits per heavy atom. The van der Waals surface area contributed by atoms with Crippen LogP contribution in [0.1, 0.15) is 29.4 Å². The number of carbonyl (C=O) groups excluding carboxylic acids is 2. The average molecular weight is 474 g/mol. The molecule has 0 saturated carbocycles. The maximum Gasteiger partial charge on any atom is 0.316 e. The Labute approximate surface area is 187 Å². The topological polar surface area (TPSA) is 106 Å². The molecule has 160 valence electrons. The summed E-state index contributed by atoms with van der Waals surface area (Å²) in [6, 6.07) is 0. The van der Waals surface area contributed by atoms with Gasteiger partial charge < -0.3 is 19.9 Å². The summed E-state index contributed by atoms with van der Waals surface area (Å²) in [5, 5.41) is 9.10. The van der Waals surface area contributed by atoms with Gasteiger partial charge in [-0.25, -0.2) is 0 Å². The van der Waals surface area contributed by atoms with E-state index in [0.717, 1.165) is 10.6 Å². The third-order valence-corrected chi connectivity index (χ3v) is 5.44. The van der Waals surface area contributed by atoms with Crippen LogP contribution in [-0.4, -0.2) is 52.4 Å². The van der Waals surface area contributed by atoms with Gasteiger partial charge >= 0.3 is 11.8 Å². The van der Waals surface area contributed by atoms with Crippen LogP contribution in [0.25, 0.3) is 5.57 Å². The van der Waals surface area contributed by atoms with E-state index in [4.69, 9.17) is 44.1 Å². The Bertz CT molecular complexity index is 923. The van der Waals surface area contributed by atoms with Crippen LogP contribution in [-0.2, 0) is 9.53 Å². The standard InChI is InChI=1S/C19H19Cl3N4O4/c20-12-3-1-11(2-4-12)17-25-19(30-26-17)18(28)24-8-7-23-16(27)10-29-13-5-6-14(21)15(22)9-13/h1,3,5-6,9,14-15H,2,4,7-8,10H2,(H,23,27)(H,24,28). The SMILES string of the molecule is O=C(COC1=CC(Cl)C(Cl)C=C1)NCCNC(=O)c1nc(C2=CC=C(Cl)CC2)no1. The molecule has 2 unspecified atom stereocenters. The van der Waals surface area contributed by atoms with Crippen LogP contribution >= 0.6 is 34.8 Å². The largest absolute Gasteiger partial charge is 0.484 e. The molecule has 2 aliphatic carbocycles. The summed E-state index contributed by atoms with van der Waals surface area (Å²) in [6.07, 6.45) is 9.94. The number of amides is 2. The highest BCUT2D eigenvalue weighted by atomic mass is 35.5. The summed E-state index contributed by atoms with van der Waals surface area (Å²) in [7, 11) is 0. The minimum absolute atomic E-state index is 0.148. The monoisotopic (exact) mass is 472 g/mol. The van der Waals surface area contributed by atoms with E-state index in [0.29, 0.717) is 24.4 Å². The van der Waals surface area contributed by atoms with Crippen molar-refractivity contribution in [3.63, 3.8) is 0 Å². The van der Waals surface area contributed by atoms with Gasteiger partial charge in [-0.2, -0.15) is 4.98 Å². The van der Waals surface area contributed by atoms with E-state index < -0.39 is 5.91 Å². The van der Waals surface area contributed by atoms with Gasteiger partial charge in [0, 0.05) is 23.7 Å². The van der Waals surface area contributed by atoms with Crippen molar-refractivity contribution in [2.45, 2.75) is 23.6 Å². The molecule has 2 N–H and O–H groups in total. The normalized spacial score (nSPS) is 20.7. The number of allylic oxidation sites excluding steroid dienone is 7. The van der Waals surface area contributed by atoms with Crippen molar-refractivity contribution in [2.24, 2.45) is 0 Å². The third kappa shape index (κ3) is 6.35. The fourth-order valence-electron chi connectivity index (χ4n) is 2.59. The number of halogens is 3. The van der Waals surface area contributed by atoms with Crippen molar-refractivity contribution in [1.82, 2.24) is 20.8 Å². The van der Waals surface area contributed by atoms with Crippen LogP contribution in [0.5, 0.6) is 0 Å². The molecule has 1 aromatic heterocycles. The van der Waals surface area contributed by atoms with Crippen molar-refractivity contribution in [2.75, 3.05) is 19.7 Å². The second kappa shape index (κ2) is 10.7. The molecule has 0 bridgehead atoms. The summed E-state index contributed by atoms with van der Waals surface area (Å²) in [6.45, 7) is 0.213. The van der Waals surface area contributed by atoms with E-state index in [1.165, 1.54) is 0 Å². The number of aromatic nitrogens is 2. The summed E-state index contributed by atoms with van der Waals surface area (Å²) in [4.78, 5) is 28.0. The van der Waals surface area contributed by atoms with Gasteiger partial charge in [-0.05, 0) is 31.1 Å². The third-order valence-electron chi connectivity index (χ3n) is 4.18. The molecule has 8 nitrogen and oxygen atoms in total. The molecular formula is C19H19Cl3N4O4. The molecule has 0 aliphatic heterocycles. The number of alkyl halides is 2. The Kier molecular flexibility index (Phi) is 7.95. The van der Waals surface area contributed by atoms with E-state index in [9.17, 15) is 9.59 Å². The van der Waals surface area contributed by atoms with E-state index in [1.807, 2.05) is 0 Å². The van der Waals surface area contributed by atoms with Crippen LogP contribution < -0.4 is 10.6 Å². The maximum absolute atomic E-state index is 12.1. The van der Waals surface area contributed by atoms with Crippen LogP contribution in [0.3, 0.4) is 0 Å². The molecule has 2 amide bonds. The summed E-state index contributed by atoms with van der Waals surface area (Å²) in [5.41, 5.74) is 0.847. The number of carbonyl (C=O) groups is 2. The first-order valence-electron chi connectivity index (χ1n) is 9.17. The van der Waals surface area contributed by atoms with Gasteiger partial charge in [0.25, 0.3) is 5.91 Å². The fraction of sp³-hybridized carbons (Fsp3) is 0.368. The molecule has 0 radical (unpaired) electrons. The highest BCUT2D eigenvalue weighted by Gasteiger charge is 2.19. The van der Waals surface area contributed by atoms with Gasteiger partial charge in [-0.3, -0.25) is 9.59 Å². The van der Waals surface area contributed by atoms with E-state index in [2.05, 4.69) is 20.8 Å². The van der Waals surface area contributed by atoms with E-state index >= 15 is 0 Å². The summed E-state index contributed by atoms with van der Waals surface area (Å²) >= 11 is 17.9. The molecule has 0 aromatic carbocycles. The lowest BCUT2D eigenvalue weighted by Gasteiger charge is -2.16. The predicted octanol–water partition coefficient (Wildman–Crippen LogP) is 2.90. The second-order valence-corrected chi connectivity index (χ2v) is 7.93. The van der Waals surface area contributed by atoms with Crippen molar-refractivity contribution < 1.29 is 18.8 Å². The Hall–Kier alpha value is -2.29. The fourth-order valence-corrected chi connectivity index (χ4v) is 3.10. The average Bonchev–Trinajstić information content (AvgIpc) is 3.23. The zero-order valence-electron chi connectivity index (χ0n) is 15.7. The van der Waals surface area contributed by atoms with Crippen LogP contribution in [0, 0.1) is 0 Å². The zero-order valence-corrected chi connectivity index (χ0v) is 18.0. The molecule has 0 saturated heterocycles. The summed E-state index contributed by atoms with van der Waals surface area (Å²) in [5.74, 6) is -0.171. The number of nitrogens with one attached hydrogen (secondary N) is 2. The minimum atomic E-state index is -0.523. The number of hydrogen-bond donors (Lipinski definition) is 2. The van der Waals surface area contributed by atoms with Crippen molar-refractivity contribution >= 4 is 52.2 Å². The van der Waals surface area contributed by atoms with Crippen LogP contribution in [0.15, 0.2) is 45.7 Å². The first-order valence-corrected chi connectivity index (χ1v) is 10.4. The van der Waals surface area contributed by atoms with Gasteiger partial charge in [-0.15, -0.1) is 23.2 Å². The molecule has 2 atom stereocenters. The molecule has 11 heteroatoms. The Balaban J connectivity index is 1.35. The lowest BCUT2D eigenvalue weighted by Crippen LogP contribution is -2.36. The molecule has 1 heterocycles. The van der Waals surface area contributed by atoms with E-state index in [-0.39, 0.29) is 42.2 Å². The number of hydrogen-bond acceptors (Lipinski definition) is 6. The van der Waals surface area contributed by atoms with Gasteiger partial charge in [0.2, 0.25) is 0 Å². The highest BCUT2D eigenvalue weighted by Crippen LogP contribution is 2.26. The smallest absolute Gasteiger partial charge is 0.316 e. The molecule has 1 aromatic rings. The Morgan fingerprint density at radius 3 is 2.70 bits per heavy atom. The van der Waals surface area contributed by atoms with E-state index in [1.54, 1.807) is 30.4 Å². The summed E-state index contributed by atoms with van der Waals surface area (Å²) < 4.78 is 10.4. The minimum Gasteiger partial charge on any atom is -0.484 e. The lowest BCUT2D eigenvalue weighted by atomic mass is 10.0. The van der Waals surface area contributed by atoms with Gasteiger partial charge in [0.15, 0.2) is 12.4 Å². The number of rotatable bonds is 8.